The van der Waals surface area contributed by atoms with Gasteiger partial charge in [-0.1, -0.05) is 56.7 Å². The van der Waals surface area contributed by atoms with E-state index in [2.05, 4.69) is 0 Å². The summed E-state index contributed by atoms with van der Waals surface area (Å²) in [5.41, 5.74) is 6.90. The number of benzene rings is 2. The molecule has 2 aromatic rings. The molecule has 1 aliphatic rings. The Morgan fingerprint density at radius 2 is 1.61 bits per heavy atom. The van der Waals surface area contributed by atoms with Crippen molar-refractivity contribution in [1.82, 2.24) is 0 Å². The Morgan fingerprint density at radius 3 is 2.11 bits per heavy atom. The van der Waals surface area contributed by atoms with Gasteiger partial charge in [-0.05, 0) is 55.0 Å². The molecular weight excluding hydrogens is 372 g/mol. The molecule has 0 radical (unpaired) electrons. The lowest BCUT2D eigenvalue weighted by molar-refractivity contribution is 0.408. The van der Waals surface area contributed by atoms with Crippen LogP contribution in [-0.4, -0.2) is 11.7 Å². The van der Waals surface area contributed by atoms with Crippen molar-refractivity contribution in [3.63, 3.8) is 0 Å². The number of halogens is 1. The predicted octanol–water partition coefficient (Wildman–Crippen LogP) is 6.61. The third-order valence-corrected chi connectivity index (χ3v) is 7.17. The van der Waals surface area contributed by atoms with Crippen molar-refractivity contribution >= 4 is 8.38 Å². The molecule has 150 valence electrons. The van der Waals surface area contributed by atoms with E-state index in [-0.39, 0.29) is 17.4 Å². The fourth-order valence-electron chi connectivity index (χ4n) is 3.37. The number of hydrogen-bond donors (Lipinski definition) is 1. The van der Waals surface area contributed by atoms with E-state index in [1.165, 1.54) is 0 Å². The summed E-state index contributed by atoms with van der Waals surface area (Å²) in [5, 5.41) is 0. The van der Waals surface area contributed by atoms with Crippen LogP contribution in [0.1, 0.15) is 39.5 Å². The lowest BCUT2D eigenvalue weighted by Gasteiger charge is -2.26. The molecular formula is C23H29FNO2P. The van der Waals surface area contributed by atoms with Crippen molar-refractivity contribution < 1.29 is 13.4 Å². The molecule has 1 aliphatic carbocycles. The number of para-hydroxylation sites is 2. The van der Waals surface area contributed by atoms with Crippen molar-refractivity contribution in [3.8, 4) is 11.5 Å². The number of allylic oxidation sites excluding steroid dienone is 1. The third kappa shape index (κ3) is 5.12. The van der Waals surface area contributed by atoms with Gasteiger partial charge in [-0.2, -0.15) is 0 Å². The molecule has 1 saturated carbocycles. The van der Waals surface area contributed by atoms with Gasteiger partial charge in [0.25, 0.3) is 8.38 Å². The Morgan fingerprint density at radius 1 is 1.07 bits per heavy atom. The van der Waals surface area contributed by atoms with Gasteiger partial charge in [0.05, 0.1) is 11.7 Å². The predicted molar refractivity (Wildman–Crippen MR) is 114 cm³/mol. The molecule has 0 saturated heterocycles. The summed E-state index contributed by atoms with van der Waals surface area (Å²) in [7, 11) is -1.39. The smallest absolute Gasteiger partial charge is 0.298 e. The summed E-state index contributed by atoms with van der Waals surface area (Å²) in [6.45, 7) is 4.04. The first-order chi connectivity index (χ1) is 13.6. The Bertz CT molecular complexity index is 727. The minimum Gasteiger partial charge on any atom is -0.438 e. The molecule has 1 fully saturated rings. The molecule has 3 atom stereocenters. The van der Waals surface area contributed by atoms with E-state index in [1.807, 2.05) is 74.5 Å². The van der Waals surface area contributed by atoms with Crippen molar-refractivity contribution in [2.24, 2.45) is 11.7 Å². The van der Waals surface area contributed by atoms with Gasteiger partial charge in [0.15, 0.2) is 0 Å². The van der Waals surface area contributed by atoms with Gasteiger partial charge in [0, 0.05) is 0 Å². The SMILES string of the molecule is CCC(C)C(N)/C(F)=C1\CCCC1P(Oc1ccccc1)Oc1ccccc1. The maximum Gasteiger partial charge on any atom is 0.298 e. The van der Waals surface area contributed by atoms with E-state index in [9.17, 15) is 0 Å². The zero-order chi connectivity index (χ0) is 19.9. The molecule has 28 heavy (non-hydrogen) atoms. The molecule has 3 unspecified atom stereocenters. The third-order valence-electron chi connectivity index (χ3n) is 5.31. The number of hydrogen-bond acceptors (Lipinski definition) is 3. The summed E-state index contributed by atoms with van der Waals surface area (Å²) in [6.07, 6.45) is 3.34. The molecule has 0 spiro atoms. The van der Waals surface area contributed by atoms with Crippen LogP contribution in [0.25, 0.3) is 0 Å². The molecule has 0 aromatic heterocycles. The summed E-state index contributed by atoms with van der Waals surface area (Å²) in [4.78, 5) is 0. The molecule has 0 aliphatic heterocycles. The molecule has 3 nitrogen and oxygen atoms in total. The van der Waals surface area contributed by atoms with E-state index in [0.29, 0.717) is 0 Å². The van der Waals surface area contributed by atoms with Crippen LogP contribution in [0.15, 0.2) is 72.1 Å². The van der Waals surface area contributed by atoms with E-state index >= 15 is 4.39 Å². The van der Waals surface area contributed by atoms with Gasteiger partial charge in [-0.3, -0.25) is 0 Å². The van der Waals surface area contributed by atoms with Crippen molar-refractivity contribution in [3.05, 3.63) is 72.1 Å². The summed E-state index contributed by atoms with van der Waals surface area (Å²) < 4.78 is 27.8. The highest BCUT2D eigenvalue weighted by atomic mass is 31.2. The average Bonchev–Trinajstić information content (AvgIpc) is 3.23. The first-order valence-electron chi connectivity index (χ1n) is 9.99. The Balaban J connectivity index is 1.89. The van der Waals surface area contributed by atoms with Crippen LogP contribution in [0, 0.1) is 5.92 Å². The highest BCUT2D eigenvalue weighted by Gasteiger charge is 2.38. The van der Waals surface area contributed by atoms with E-state index < -0.39 is 14.4 Å². The number of rotatable bonds is 8. The molecule has 0 amide bonds. The van der Waals surface area contributed by atoms with Crippen molar-refractivity contribution in [2.75, 3.05) is 0 Å². The highest BCUT2D eigenvalue weighted by Crippen LogP contribution is 2.53. The molecule has 5 heteroatoms. The second-order valence-electron chi connectivity index (χ2n) is 7.29. The van der Waals surface area contributed by atoms with Crippen molar-refractivity contribution in [1.29, 1.82) is 0 Å². The first kappa shape index (κ1) is 20.8. The zero-order valence-corrected chi connectivity index (χ0v) is 17.4. The standard InChI is InChI=1S/C23H29FNO2P/c1-3-17(2)23(25)22(24)20-15-10-16-21(20)28(26-18-11-6-4-7-12-18)27-19-13-8-5-9-14-19/h4-9,11-14,17,21,23H,3,10,15-16,25H2,1-2H3/b22-20-. The van der Waals surface area contributed by atoms with Gasteiger partial charge in [-0.25, -0.2) is 4.39 Å². The second kappa shape index (κ2) is 10.0. The van der Waals surface area contributed by atoms with Crippen LogP contribution in [-0.2, 0) is 0 Å². The largest absolute Gasteiger partial charge is 0.438 e. The monoisotopic (exact) mass is 401 g/mol. The molecule has 3 rings (SSSR count). The Hall–Kier alpha value is -1.90. The topological polar surface area (TPSA) is 44.5 Å². The van der Waals surface area contributed by atoms with Gasteiger partial charge < -0.3 is 14.8 Å². The molecule has 0 bridgehead atoms. The van der Waals surface area contributed by atoms with Crippen LogP contribution in [0.4, 0.5) is 4.39 Å². The van der Waals surface area contributed by atoms with Gasteiger partial charge in [-0.15, -0.1) is 0 Å². The van der Waals surface area contributed by atoms with E-state index in [0.717, 1.165) is 42.8 Å². The minimum atomic E-state index is -1.39. The van der Waals surface area contributed by atoms with Crippen LogP contribution in [0.2, 0.25) is 0 Å². The van der Waals surface area contributed by atoms with E-state index in [4.69, 9.17) is 14.8 Å². The Kier molecular flexibility index (Phi) is 7.47. The summed E-state index contributed by atoms with van der Waals surface area (Å²) >= 11 is 0. The minimum absolute atomic E-state index is 0.0921. The van der Waals surface area contributed by atoms with Crippen LogP contribution in [0.5, 0.6) is 11.5 Å². The highest BCUT2D eigenvalue weighted by molar-refractivity contribution is 7.49. The lowest BCUT2D eigenvalue weighted by atomic mass is 9.96. The lowest BCUT2D eigenvalue weighted by Crippen LogP contribution is -2.30. The average molecular weight is 401 g/mol. The first-order valence-corrected chi connectivity index (χ1v) is 11.2. The molecule has 2 aromatic carbocycles. The van der Waals surface area contributed by atoms with Crippen LogP contribution < -0.4 is 14.8 Å². The van der Waals surface area contributed by atoms with Gasteiger partial charge >= 0.3 is 0 Å². The van der Waals surface area contributed by atoms with Crippen LogP contribution in [0.3, 0.4) is 0 Å². The van der Waals surface area contributed by atoms with E-state index in [1.54, 1.807) is 0 Å². The number of nitrogens with two attached hydrogens (primary N) is 1. The van der Waals surface area contributed by atoms with Gasteiger partial charge in [0.1, 0.15) is 17.3 Å². The summed E-state index contributed by atoms with van der Waals surface area (Å²) in [5.74, 6) is 1.41. The Labute approximate surface area is 168 Å². The van der Waals surface area contributed by atoms with Crippen molar-refractivity contribution in [2.45, 2.75) is 51.2 Å². The normalized spacial score (nSPS) is 20.7. The maximum absolute atomic E-state index is 15.3. The van der Waals surface area contributed by atoms with Gasteiger partial charge in [0.2, 0.25) is 0 Å². The fourth-order valence-corrected chi connectivity index (χ4v) is 5.22. The fraction of sp³-hybridized carbons (Fsp3) is 0.391. The summed E-state index contributed by atoms with van der Waals surface area (Å²) in [6, 6.07) is 18.7. The maximum atomic E-state index is 15.3. The zero-order valence-electron chi connectivity index (χ0n) is 16.6. The van der Waals surface area contributed by atoms with Crippen LogP contribution >= 0.6 is 8.38 Å². The molecule has 0 heterocycles. The molecule has 2 N–H and O–H groups in total. The second-order valence-corrected chi connectivity index (χ2v) is 8.85. The quantitative estimate of drug-likeness (QED) is 0.507.